The van der Waals surface area contributed by atoms with Gasteiger partial charge in [-0.25, -0.2) is 18.0 Å². The van der Waals surface area contributed by atoms with Crippen LogP contribution in [0.4, 0.5) is 35.0 Å². The number of carbonyl (C=O) groups excluding carboxylic acids is 1. The fourth-order valence-corrected chi connectivity index (χ4v) is 4.50. The number of fused-ring (bicyclic) bond motifs is 1. The van der Waals surface area contributed by atoms with E-state index in [1.165, 1.54) is 21.9 Å². The molecule has 1 fully saturated rings. The van der Waals surface area contributed by atoms with Gasteiger partial charge in [-0.3, -0.25) is 14.6 Å². The number of nitrogens with zero attached hydrogens (tertiary/aromatic N) is 2. The molecule has 1 saturated heterocycles. The topological polar surface area (TPSA) is 84.9 Å². The first-order chi connectivity index (χ1) is 15.6. The number of carbonyl (C=O) groups is 2. The largest absolute Gasteiger partial charge is 0.481 e. The Labute approximate surface area is 193 Å². The molecule has 0 radical (unpaired) electrons. The predicted molar refractivity (Wildman–Crippen MR) is 119 cm³/mol. The Morgan fingerprint density at radius 1 is 1.24 bits per heavy atom. The van der Waals surface area contributed by atoms with Crippen molar-refractivity contribution < 1.29 is 27.9 Å². The van der Waals surface area contributed by atoms with Gasteiger partial charge in [0, 0.05) is 31.7 Å². The van der Waals surface area contributed by atoms with Gasteiger partial charge in [-0.05, 0) is 30.3 Å². The first kappa shape index (κ1) is 23.2. The van der Waals surface area contributed by atoms with Crippen LogP contribution in [0, 0.1) is 11.7 Å². The van der Waals surface area contributed by atoms with E-state index >= 15 is 0 Å². The van der Waals surface area contributed by atoms with Gasteiger partial charge in [-0.15, -0.1) is 0 Å². The summed E-state index contributed by atoms with van der Waals surface area (Å²) in [6.45, 7) is -0.309. The Hall–Kier alpha value is -2.98. The number of amides is 2. The maximum Gasteiger partial charge on any atom is 0.326 e. The van der Waals surface area contributed by atoms with Crippen LogP contribution in [0.15, 0.2) is 42.5 Å². The molecule has 2 aliphatic rings. The van der Waals surface area contributed by atoms with Crippen molar-refractivity contribution in [2.75, 3.05) is 41.7 Å². The molecule has 2 aromatic rings. The van der Waals surface area contributed by atoms with Crippen molar-refractivity contribution in [3.63, 3.8) is 0 Å². The summed E-state index contributed by atoms with van der Waals surface area (Å²) in [6.07, 6.45) is -0.708. The molecule has 0 bridgehead atoms. The SMILES string of the molecule is O=C(O)C1CN(CC2CNc3ccccc3N2C(=O)Nc2ccc(F)c(Cl)c2)CC(F)(F)C1. The summed E-state index contributed by atoms with van der Waals surface area (Å²) in [4.78, 5) is 27.5. The fourth-order valence-electron chi connectivity index (χ4n) is 4.32. The normalized spacial score (nSPS) is 22.2. The van der Waals surface area contributed by atoms with Gasteiger partial charge in [0.15, 0.2) is 0 Å². The second-order valence-electron chi connectivity index (χ2n) is 8.27. The van der Waals surface area contributed by atoms with Crippen molar-refractivity contribution in [1.82, 2.24) is 4.90 Å². The summed E-state index contributed by atoms with van der Waals surface area (Å²) >= 11 is 5.81. The summed E-state index contributed by atoms with van der Waals surface area (Å²) in [5.74, 6) is -6.23. The average Bonchev–Trinajstić information content (AvgIpc) is 2.75. The Balaban J connectivity index is 1.59. The Morgan fingerprint density at radius 2 is 2.00 bits per heavy atom. The summed E-state index contributed by atoms with van der Waals surface area (Å²) in [5.41, 5.74) is 1.50. The van der Waals surface area contributed by atoms with Gasteiger partial charge < -0.3 is 15.7 Å². The molecule has 0 saturated carbocycles. The maximum atomic E-state index is 14.2. The summed E-state index contributed by atoms with van der Waals surface area (Å²) in [7, 11) is 0. The third-order valence-electron chi connectivity index (χ3n) is 5.74. The van der Waals surface area contributed by atoms with Crippen LogP contribution >= 0.6 is 11.6 Å². The van der Waals surface area contributed by atoms with E-state index < -0.39 is 48.7 Å². The number of rotatable bonds is 4. The summed E-state index contributed by atoms with van der Waals surface area (Å²) in [6, 6.07) is 9.70. The van der Waals surface area contributed by atoms with E-state index in [2.05, 4.69) is 10.6 Å². The van der Waals surface area contributed by atoms with E-state index in [9.17, 15) is 27.9 Å². The first-order valence-electron chi connectivity index (χ1n) is 10.3. The molecule has 2 heterocycles. The molecule has 2 atom stereocenters. The summed E-state index contributed by atoms with van der Waals surface area (Å²) in [5, 5.41) is 15.0. The molecule has 0 aromatic heterocycles. The lowest BCUT2D eigenvalue weighted by molar-refractivity contribution is -0.153. The number of aliphatic carboxylic acids is 1. The number of hydrogen-bond acceptors (Lipinski definition) is 4. The number of piperidine rings is 1. The highest BCUT2D eigenvalue weighted by molar-refractivity contribution is 6.31. The van der Waals surface area contributed by atoms with Crippen molar-refractivity contribution in [3.8, 4) is 0 Å². The molecular formula is C22H22ClF3N4O3. The predicted octanol–water partition coefficient (Wildman–Crippen LogP) is 4.35. The zero-order chi connectivity index (χ0) is 23.8. The van der Waals surface area contributed by atoms with E-state index in [-0.39, 0.29) is 30.3 Å². The highest BCUT2D eigenvalue weighted by atomic mass is 35.5. The third kappa shape index (κ3) is 5.17. The maximum absolute atomic E-state index is 14.2. The molecule has 0 aliphatic carbocycles. The van der Waals surface area contributed by atoms with E-state index in [4.69, 9.17) is 11.6 Å². The molecule has 0 spiro atoms. The molecule has 7 nitrogen and oxygen atoms in total. The van der Waals surface area contributed by atoms with Gasteiger partial charge in [0.1, 0.15) is 5.82 Å². The molecule has 33 heavy (non-hydrogen) atoms. The van der Waals surface area contributed by atoms with Crippen LogP contribution in [0.5, 0.6) is 0 Å². The number of nitrogens with one attached hydrogen (secondary N) is 2. The lowest BCUT2D eigenvalue weighted by Crippen LogP contribution is -2.58. The van der Waals surface area contributed by atoms with E-state index in [1.54, 1.807) is 24.3 Å². The Kier molecular flexibility index (Phi) is 6.40. The van der Waals surface area contributed by atoms with Crippen LogP contribution in [-0.4, -0.2) is 60.2 Å². The minimum absolute atomic E-state index is 0.0356. The number of urea groups is 1. The van der Waals surface area contributed by atoms with Crippen LogP contribution in [0.1, 0.15) is 6.42 Å². The number of para-hydroxylation sites is 2. The number of halogens is 4. The number of anilines is 3. The van der Waals surface area contributed by atoms with Crippen LogP contribution in [0.3, 0.4) is 0 Å². The molecule has 2 unspecified atom stereocenters. The molecule has 2 aromatic carbocycles. The number of benzene rings is 2. The highest BCUT2D eigenvalue weighted by Crippen LogP contribution is 2.35. The minimum Gasteiger partial charge on any atom is -0.481 e. The van der Waals surface area contributed by atoms with Crippen molar-refractivity contribution in [2.24, 2.45) is 5.92 Å². The monoisotopic (exact) mass is 482 g/mol. The molecule has 176 valence electrons. The van der Waals surface area contributed by atoms with Crippen molar-refractivity contribution >= 4 is 40.7 Å². The Bertz CT molecular complexity index is 1070. The quantitative estimate of drug-likeness (QED) is 0.603. The minimum atomic E-state index is -3.14. The van der Waals surface area contributed by atoms with E-state index in [0.29, 0.717) is 11.4 Å². The Morgan fingerprint density at radius 3 is 2.73 bits per heavy atom. The molecule has 2 aliphatic heterocycles. The van der Waals surface area contributed by atoms with E-state index in [0.717, 1.165) is 6.07 Å². The fraction of sp³-hybridized carbons (Fsp3) is 0.364. The van der Waals surface area contributed by atoms with Gasteiger partial charge in [-0.1, -0.05) is 23.7 Å². The third-order valence-corrected chi connectivity index (χ3v) is 6.03. The number of hydrogen-bond donors (Lipinski definition) is 3. The number of alkyl halides is 2. The molecule has 11 heteroatoms. The van der Waals surface area contributed by atoms with Crippen LogP contribution in [0.25, 0.3) is 0 Å². The van der Waals surface area contributed by atoms with E-state index in [1.807, 2.05) is 0 Å². The second kappa shape index (κ2) is 9.11. The highest BCUT2D eigenvalue weighted by Gasteiger charge is 2.44. The molecule has 3 N–H and O–H groups in total. The summed E-state index contributed by atoms with van der Waals surface area (Å²) < 4.78 is 41.9. The van der Waals surface area contributed by atoms with Crippen molar-refractivity contribution in [1.29, 1.82) is 0 Å². The first-order valence-corrected chi connectivity index (χ1v) is 10.7. The molecule has 2 amide bonds. The standard InChI is InChI=1S/C22H22ClF3N4O3/c23-16-7-14(5-6-17(16)24)28-21(33)30-15(9-27-18-3-1-2-4-19(18)30)11-29-10-13(20(31)32)8-22(25,26)12-29/h1-7,13,15,27H,8-12H2,(H,28,33)(H,31,32). The lowest BCUT2D eigenvalue weighted by Gasteiger charge is -2.42. The van der Waals surface area contributed by atoms with Gasteiger partial charge in [0.05, 0.1) is 34.9 Å². The average molecular weight is 483 g/mol. The van der Waals surface area contributed by atoms with Crippen LogP contribution in [-0.2, 0) is 4.79 Å². The lowest BCUT2D eigenvalue weighted by atomic mass is 9.94. The zero-order valence-corrected chi connectivity index (χ0v) is 18.2. The smallest absolute Gasteiger partial charge is 0.326 e. The number of likely N-dealkylation sites (tertiary alicyclic amines) is 1. The second-order valence-corrected chi connectivity index (χ2v) is 8.68. The van der Waals surface area contributed by atoms with Gasteiger partial charge in [0.25, 0.3) is 5.92 Å². The number of carboxylic acids is 1. The van der Waals surface area contributed by atoms with Gasteiger partial charge >= 0.3 is 12.0 Å². The molecule has 4 rings (SSSR count). The van der Waals surface area contributed by atoms with Crippen molar-refractivity contribution in [3.05, 3.63) is 53.3 Å². The zero-order valence-electron chi connectivity index (χ0n) is 17.4. The number of carboxylic acid groups (broad SMARTS) is 1. The van der Waals surface area contributed by atoms with Crippen LogP contribution in [0.2, 0.25) is 5.02 Å². The van der Waals surface area contributed by atoms with Gasteiger partial charge in [0.2, 0.25) is 0 Å². The van der Waals surface area contributed by atoms with Crippen LogP contribution < -0.4 is 15.5 Å². The molecular weight excluding hydrogens is 461 g/mol. The van der Waals surface area contributed by atoms with Crippen molar-refractivity contribution in [2.45, 2.75) is 18.4 Å². The van der Waals surface area contributed by atoms with Gasteiger partial charge in [-0.2, -0.15) is 0 Å².